The molecule has 0 amide bonds. The SMILES string of the molecule is C[SiH](C)c1ccccc1[SiH](C)C.C[Si](C)c1ccccc1[Si](C)C.[C-]#[N+]c1c(C)cc(C)cc1C.[C-]#[N+]c1c(C)cc(C)cc1C.[CH3-].[CH3-].[Ru+4]. The summed E-state index contributed by atoms with van der Waals surface area (Å²) in [6, 6.07) is 26.1. The third-order valence-electron chi connectivity index (χ3n) is 7.74. The van der Waals surface area contributed by atoms with Gasteiger partial charge in [-0.05, 0) is 63.8 Å². The van der Waals surface area contributed by atoms with Crippen LogP contribution in [-0.4, -0.2) is 35.2 Å². The van der Waals surface area contributed by atoms with Crippen molar-refractivity contribution in [1.29, 1.82) is 0 Å². The first kappa shape index (κ1) is 50.7. The van der Waals surface area contributed by atoms with Crippen LogP contribution in [0.15, 0.2) is 72.8 Å². The molecule has 0 heterocycles. The molecular formula is C42H62N2RuSi4+2. The molecule has 2 radical (unpaired) electrons. The summed E-state index contributed by atoms with van der Waals surface area (Å²) in [4.78, 5) is 6.92. The Morgan fingerprint density at radius 1 is 0.490 bits per heavy atom. The maximum absolute atomic E-state index is 6.92. The third-order valence-corrected chi connectivity index (χ3v) is 14.9. The molecule has 2 nitrogen and oxygen atoms in total. The minimum atomic E-state index is -0.590. The molecule has 0 N–H and O–H groups in total. The fraction of sp³-hybridized carbons (Fsp3) is 0.333. The number of nitrogens with zero attached hydrogens (tertiary/aromatic N) is 2. The topological polar surface area (TPSA) is 8.72 Å². The van der Waals surface area contributed by atoms with Gasteiger partial charge in [0.05, 0.1) is 48.3 Å². The van der Waals surface area contributed by atoms with Crippen molar-refractivity contribution < 1.29 is 19.5 Å². The van der Waals surface area contributed by atoms with Gasteiger partial charge in [-0.1, -0.05) is 157 Å². The van der Waals surface area contributed by atoms with E-state index in [-0.39, 0.29) is 51.9 Å². The molecule has 0 saturated heterocycles. The summed E-state index contributed by atoms with van der Waals surface area (Å²) in [5.74, 6) is 0. The first-order valence-electron chi connectivity index (χ1n) is 16.2. The van der Waals surface area contributed by atoms with E-state index >= 15 is 0 Å². The Balaban J connectivity index is -0.000000565. The van der Waals surface area contributed by atoms with E-state index in [9.17, 15) is 0 Å². The molecule has 4 aromatic carbocycles. The van der Waals surface area contributed by atoms with Crippen LogP contribution in [0, 0.1) is 69.5 Å². The smallest absolute Gasteiger partial charge is 0.358 e. The molecule has 7 heteroatoms. The number of benzene rings is 4. The monoisotopic (exact) mass is 808 g/mol. The van der Waals surface area contributed by atoms with Crippen molar-refractivity contribution in [3.63, 3.8) is 0 Å². The first-order chi connectivity index (χ1) is 21.5. The van der Waals surface area contributed by atoms with E-state index in [0.717, 1.165) is 33.6 Å². The minimum Gasteiger partial charge on any atom is -0.358 e. The quantitative estimate of drug-likeness (QED) is 0.144. The largest absolute Gasteiger partial charge is 4.00 e. The van der Waals surface area contributed by atoms with Crippen LogP contribution in [-0.2, 0) is 19.5 Å². The fourth-order valence-electron chi connectivity index (χ4n) is 5.62. The van der Waals surface area contributed by atoms with E-state index < -0.39 is 17.6 Å². The molecule has 0 aliphatic rings. The van der Waals surface area contributed by atoms with Gasteiger partial charge in [0.2, 0.25) is 0 Å². The van der Waals surface area contributed by atoms with Gasteiger partial charge in [-0.25, -0.2) is 9.69 Å². The van der Waals surface area contributed by atoms with Gasteiger partial charge in [-0.2, -0.15) is 0 Å². The van der Waals surface area contributed by atoms with E-state index in [1.54, 1.807) is 20.7 Å². The van der Waals surface area contributed by atoms with Crippen LogP contribution >= 0.6 is 0 Å². The Morgan fingerprint density at radius 3 is 0.939 bits per heavy atom. The summed E-state index contributed by atoms with van der Waals surface area (Å²) in [5, 5.41) is 6.67. The minimum absolute atomic E-state index is 0. The van der Waals surface area contributed by atoms with Gasteiger partial charge in [0, 0.05) is 0 Å². The van der Waals surface area contributed by atoms with Gasteiger partial charge >= 0.3 is 19.5 Å². The Hall–Kier alpha value is -2.65. The average Bonchev–Trinajstić information content (AvgIpc) is 2.97. The maximum Gasteiger partial charge on any atom is 4.00 e. The molecule has 4 rings (SSSR count). The van der Waals surface area contributed by atoms with Crippen LogP contribution in [0.25, 0.3) is 9.69 Å². The molecule has 4 aromatic rings. The molecule has 0 unspecified atom stereocenters. The molecule has 0 aliphatic carbocycles. The van der Waals surface area contributed by atoms with Crippen LogP contribution in [0.2, 0.25) is 52.4 Å². The molecular weight excluding hydrogens is 746 g/mol. The van der Waals surface area contributed by atoms with Crippen LogP contribution in [0.4, 0.5) is 11.4 Å². The molecule has 0 fully saturated rings. The number of rotatable bonds is 4. The maximum atomic E-state index is 6.92. The number of aryl methyl sites for hydroxylation is 6. The molecule has 0 aliphatic heterocycles. The molecule has 0 saturated carbocycles. The normalized spacial score (nSPS) is 9.63. The van der Waals surface area contributed by atoms with E-state index in [1.165, 1.54) is 11.1 Å². The second-order valence-corrected chi connectivity index (χ2v) is 24.1. The van der Waals surface area contributed by atoms with Gasteiger partial charge < -0.3 is 14.9 Å². The van der Waals surface area contributed by atoms with Crippen molar-refractivity contribution in [3.8, 4) is 0 Å². The van der Waals surface area contributed by atoms with Gasteiger partial charge in [0.25, 0.3) is 0 Å². The fourth-order valence-corrected chi connectivity index (χ4v) is 13.7. The second kappa shape index (κ2) is 25.3. The molecule has 49 heavy (non-hydrogen) atoms. The second-order valence-electron chi connectivity index (χ2n) is 13.2. The van der Waals surface area contributed by atoms with E-state index in [1.807, 2.05) is 65.8 Å². The Bertz CT molecular complexity index is 1420. The average molecular weight is 808 g/mol. The Labute approximate surface area is 322 Å². The van der Waals surface area contributed by atoms with Crippen molar-refractivity contribution in [2.24, 2.45) is 0 Å². The van der Waals surface area contributed by atoms with Crippen LogP contribution < -0.4 is 20.7 Å². The zero-order valence-corrected chi connectivity index (χ0v) is 39.4. The van der Waals surface area contributed by atoms with Gasteiger partial charge in [-0.3, -0.25) is 0 Å². The predicted molar refractivity (Wildman–Crippen MR) is 231 cm³/mol. The third kappa shape index (κ3) is 16.7. The van der Waals surface area contributed by atoms with Crippen LogP contribution in [0.3, 0.4) is 0 Å². The summed E-state index contributed by atoms with van der Waals surface area (Å²) in [6.45, 7) is 45.0. The zero-order valence-electron chi connectivity index (χ0n) is 33.3. The van der Waals surface area contributed by atoms with Crippen LogP contribution in [0.1, 0.15) is 33.4 Å². The molecule has 0 atom stereocenters. The van der Waals surface area contributed by atoms with Crippen molar-refractivity contribution in [2.75, 3.05) is 0 Å². The van der Waals surface area contributed by atoms with Gasteiger partial charge in [0.1, 0.15) is 0 Å². The number of hydrogen-bond donors (Lipinski definition) is 0. The summed E-state index contributed by atoms with van der Waals surface area (Å²) >= 11 is 0. The molecule has 0 aromatic heterocycles. The zero-order chi connectivity index (χ0) is 35.1. The number of hydrogen-bond acceptors (Lipinski definition) is 0. The Kier molecular flexibility index (Phi) is 26.2. The Morgan fingerprint density at radius 2 is 0.735 bits per heavy atom. The summed E-state index contributed by atoms with van der Waals surface area (Å²) < 4.78 is 0. The van der Waals surface area contributed by atoms with Crippen molar-refractivity contribution >= 4 is 67.3 Å². The van der Waals surface area contributed by atoms with Crippen molar-refractivity contribution in [1.82, 2.24) is 0 Å². The first-order valence-corrected chi connectivity index (χ1v) is 27.0. The summed E-state index contributed by atoms with van der Waals surface area (Å²) in [6.07, 6.45) is 0. The molecule has 262 valence electrons. The van der Waals surface area contributed by atoms with E-state index in [4.69, 9.17) is 13.1 Å². The van der Waals surface area contributed by atoms with Crippen molar-refractivity contribution in [2.45, 2.75) is 93.9 Å². The summed E-state index contributed by atoms with van der Waals surface area (Å²) in [7, 11) is -1.70. The molecule has 0 spiro atoms. The predicted octanol–water partition coefficient (Wildman–Crippen LogP) is 9.91. The summed E-state index contributed by atoms with van der Waals surface area (Å²) in [5.41, 5.74) is 8.39. The van der Waals surface area contributed by atoms with Crippen molar-refractivity contribution in [3.05, 3.63) is 144 Å². The van der Waals surface area contributed by atoms with Crippen LogP contribution in [0.5, 0.6) is 0 Å². The van der Waals surface area contributed by atoms with Gasteiger partial charge in [0.15, 0.2) is 11.4 Å². The standard InChI is InChI=1S/2C10H11N.C10H18Si2.C10H16Si2.2CH3.Ru/c2*1-7-5-8(2)10(11-4)9(3)6-7;2*1-11(2)9-7-5-6-8-10(9)12(3)4;;;/h2*5-6H,1-3H3;5-8,11-12H,1-4H3;5-8H,1-4H3;2*1H3;/q;;;;2*-1;+4. The van der Waals surface area contributed by atoms with E-state index in [2.05, 4.69) is 111 Å². The van der Waals surface area contributed by atoms with E-state index in [0.29, 0.717) is 0 Å². The van der Waals surface area contributed by atoms with Gasteiger partial charge in [-0.15, -0.1) is 0 Å². The molecule has 0 bridgehead atoms.